The summed E-state index contributed by atoms with van der Waals surface area (Å²) in [4.78, 5) is 4.11. The molecule has 416 valence electrons. The lowest BCUT2D eigenvalue weighted by molar-refractivity contribution is -0.144. The highest BCUT2D eigenvalue weighted by molar-refractivity contribution is 7.97. The predicted molar refractivity (Wildman–Crippen MR) is 241 cm³/mol. The first kappa shape index (κ1) is 60.5. The highest BCUT2D eigenvalue weighted by Gasteiger charge is 2.47. The van der Waals surface area contributed by atoms with Crippen molar-refractivity contribution >= 4 is 38.9 Å². The molecule has 0 saturated heterocycles. The van der Waals surface area contributed by atoms with Crippen LogP contribution >= 0.6 is 0 Å². The van der Waals surface area contributed by atoms with Gasteiger partial charge in [-0.2, -0.15) is 127 Å². The van der Waals surface area contributed by atoms with Gasteiger partial charge < -0.3 is 0 Å². The molecule has 0 fully saturated rings. The third-order valence-corrected chi connectivity index (χ3v) is 14.2. The second-order valence-electron chi connectivity index (χ2n) is 17.5. The molecule has 0 spiro atoms. The van der Waals surface area contributed by atoms with Crippen molar-refractivity contribution in [1.82, 2.24) is 0 Å². The van der Waals surface area contributed by atoms with E-state index >= 15 is 0 Å². The summed E-state index contributed by atoms with van der Waals surface area (Å²) in [5.41, 5.74) is -27.6. The van der Waals surface area contributed by atoms with Crippen LogP contribution in [-0.4, -0.2) is 6.15 Å². The lowest BCUT2D eigenvalue weighted by atomic mass is 9.12. The van der Waals surface area contributed by atoms with E-state index in [2.05, 4.69) is 92.7 Å². The van der Waals surface area contributed by atoms with Crippen molar-refractivity contribution in [3.8, 4) is 0 Å². The Balaban J connectivity index is 0.000000387. The van der Waals surface area contributed by atoms with E-state index < -0.39 is 195 Å². The van der Waals surface area contributed by atoms with E-state index in [4.69, 9.17) is 0 Å². The summed E-state index contributed by atoms with van der Waals surface area (Å²) >= 11 is 0. The number of rotatable bonds is 7. The minimum atomic E-state index is -6.13. The fourth-order valence-electron chi connectivity index (χ4n) is 8.38. The third kappa shape index (κ3) is 13.7. The zero-order valence-electron chi connectivity index (χ0n) is 39.0. The minimum Gasteiger partial charge on any atom is -0.194 e. The van der Waals surface area contributed by atoms with E-state index in [0.717, 1.165) is 0 Å². The number of halogens is 24. The van der Waals surface area contributed by atoms with Gasteiger partial charge in [-0.15, -0.1) is 0 Å². The normalized spacial score (nSPS) is 13.4. The van der Waals surface area contributed by atoms with Crippen LogP contribution in [0.3, 0.4) is 0 Å². The van der Waals surface area contributed by atoms with Gasteiger partial charge in [0.05, 0.1) is 55.4 Å². The average Bonchev–Trinajstić information content (AvgIpc) is 3.31. The highest BCUT2D eigenvalue weighted by Crippen LogP contribution is 2.42. The molecule has 0 aromatic heterocycles. The average molecular weight is 1150 g/mol. The predicted octanol–water partition coefficient (Wildman–Crippen LogP) is 16.6. The van der Waals surface area contributed by atoms with Crippen LogP contribution in [0, 0.1) is 13.8 Å². The Bertz CT molecular complexity index is 2750. The van der Waals surface area contributed by atoms with E-state index in [1.165, 1.54) is 25.8 Å². The molecule has 0 nitrogen and oxygen atoms in total. The number of alkyl halides is 24. The van der Waals surface area contributed by atoms with E-state index in [1.54, 1.807) is 0 Å². The Labute approximate surface area is 428 Å². The molecule has 0 bridgehead atoms. The quantitative estimate of drug-likeness (QED) is 0.0848. The van der Waals surface area contributed by atoms with Crippen LogP contribution in [0.25, 0.3) is 0 Å². The summed E-state index contributed by atoms with van der Waals surface area (Å²) in [7, 11) is -0.0312. The first-order valence-electron chi connectivity index (χ1n) is 21.8. The van der Waals surface area contributed by atoms with Gasteiger partial charge in [-0.1, -0.05) is 102 Å². The molecule has 0 aliphatic heterocycles. The summed E-state index contributed by atoms with van der Waals surface area (Å²) in [6.07, 6.45) is -54.8. The Morgan fingerprint density at radius 1 is 0.244 bits per heavy atom. The second kappa shape index (κ2) is 21.2. The molecule has 26 heteroatoms. The summed E-state index contributed by atoms with van der Waals surface area (Å²) in [6, 6.07) is 19.8. The van der Waals surface area contributed by atoms with Gasteiger partial charge in [0.15, 0.2) is 14.7 Å². The smallest absolute Gasteiger partial charge is 0.194 e. The molecule has 0 saturated carbocycles. The maximum absolute atomic E-state index is 14.2. The standard InChI is InChI=1S/C32H12BF24.C20H19S/c34-25(35,36)13-1-14(26(37,38)39)6-21(5-13)33(22-7-15(27(40,41)42)2-16(8-22)28(43,44)45,23-9-17(29(46,47)48)3-18(10-23)30(49,50)51)24-11-19(31(52,53)54)4-20(12-24)32(55,56)57;1-16-8-12-19(13-9-16)21(18-6-4-3-5-7-18)20-14-10-17(2)11-15-20/h1-12H;3-15H,1-2H3/q-1;+1. The maximum Gasteiger partial charge on any atom is 0.416 e. The zero-order chi connectivity index (χ0) is 58.6. The minimum absolute atomic E-state index is 0.0312. The van der Waals surface area contributed by atoms with Crippen molar-refractivity contribution in [2.45, 2.75) is 77.9 Å². The number of aryl methyl sites for hydroxylation is 2. The van der Waals surface area contributed by atoms with Crippen molar-refractivity contribution in [3.05, 3.63) is 207 Å². The summed E-state index contributed by atoms with van der Waals surface area (Å²) in [5, 5.41) is 0. The largest absolute Gasteiger partial charge is 0.416 e. The molecule has 0 N–H and O–H groups in total. The van der Waals surface area contributed by atoms with Crippen molar-refractivity contribution in [1.29, 1.82) is 0 Å². The molecule has 7 rings (SSSR count). The Morgan fingerprint density at radius 2 is 0.423 bits per heavy atom. The Kier molecular flexibility index (Phi) is 16.4. The maximum atomic E-state index is 14.2. The first-order valence-corrected chi connectivity index (χ1v) is 23.0. The van der Waals surface area contributed by atoms with Gasteiger partial charge in [0, 0.05) is 0 Å². The third-order valence-electron chi connectivity index (χ3n) is 11.9. The van der Waals surface area contributed by atoms with E-state index in [-0.39, 0.29) is 10.9 Å². The summed E-state index contributed by atoms with van der Waals surface area (Å²) in [5.74, 6) is 0. The number of benzene rings is 7. The molecule has 0 heterocycles. The van der Waals surface area contributed by atoms with E-state index in [9.17, 15) is 105 Å². The van der Waals surface area contributed by atoms with Crippen molar-refractivity contribution in [2.75, 3.05) is 0 Å². The Morgan fingerprint density at radius 3 is 0.603 bits per heavy atom. The molecule has 0 amide bonds. The fourth-order valence-corrected chi connectivity index (χ4v) is 10.4. The molecule has 0 radical (unpaired) electrons. The number of hydrogen-bond donors (Lipinski definition) is 0. The Hall–Kier alpha value is -6.73. The lowest BCUT2D eigenvalue weighted by Gasteiger charge is -2.46. The molecule has 0 aliphatic carbocycles. The van der Waals surface area contributed by atoms with Gasteiger partial charge in [-0.05, 0) is 74.5 Å². The molecule has 0 atom stereocenters. The zero-order valence-corrected chi connectivity index (χ0v) is 39.8. The second-order valence-corrected chi connectivity index (χ2v) is 19.5. The van der Waals surface area contributed by atoms with Gasteiger partial charge in [0.25, 0.3) is 0 Å². The molecule has 0 aliphatic rings. The van der Waals surface area contributed by atoms with Crippen LogP contribution in [0.15, 0.2) is 166 Å². The van der Waals surface area contributed by atoms with Crippen molar-refractivity contribution in [2.24, 2.45) is 0 Å². The van der Waals surface area contributed by atoms with Gasteiger partial charge >= 0.3 is 49.4 Å². The van der Waals surface area contributed by atoms with Crippen LogP contribution in [0.2, 0.25) is 0 Å². The van der Waals surface area contributed by atoms with Gasteiger partial charge in [0.2, 0.25) is 0 Å². The lowest BCUT2D eigenvalue weighted by Crippen LogP contribution is -2.75. The van der Waals surface area contributed by atoms with Crippen molar-refractivity contribution < 1.29 is 105 Å². The molecule has 78 heavy (non-hydrogen) atoms. The van der Waals surface area contributed by atoms with Crippen LogP contribution in [0.1, 0.15) is 55.6 Å². The van der Waals surface area contributed by atoms with E-state index in [0.29, 0.717) is 0 Å². The molecular formula is C52H31BF24S. The van der Waals surface area contributed by atoms with Gasteiger partial charge in [0.1, 0.15) is 6.15 Å². The molecule has 7 aromatic rings. The topological polar surface area (TPSA) is 0 Å². The monoisotopic (exact) mass is 1150 g/mol. The fraction of sp³-hybridized carbons (Fsp3) is 0.192. The summed E-state index contributed by atoms with van der Waals surface area (Å²) < 4.78 is 341. The molecular weight excluding hydrogens is 1120 g/mol. The van der Waals surface area contributed by atoms with Gasteiger partial charge in [-0.25, -0.2) is 0 Å². The number of hydrogen-bond acceptors (Lipinski definition) is 0. The van der Waals surface area contributed by atoms with E-state index in [1.807, 2.05) is 0 Å². The molecule has 7 aromatic carbocycles. The SMILES string of the molecule is Cc1ccc([S+](c2ccccc2)c2ccc(C)cc2)cc1.FC(F)(F)c1cc([B-](c2cc(C(F)(F)F)cc(C(F)(F)F)c2)(c2cc(C(F)(F)F)cc(C(F)(F)F)c2)c2cc(C(F)(F)F)cc(C(F)(F)F)c2)cc(C(F)(F)F)c1. The van der Waals surface area contributed by atoms with Gasteiger partial charge in [-0.3, -0.25) is 0 Å². The summed E-state index contributed by atoms with van der Waals surface area (Å²) in [6.45, 7) is 4.27. The van der Waals surface area contributed by atoms with Crippen LogP contribution < -0.4 is 21.9 Å². The van der Waals surface area contributed by atoms with Crippen molar-refractivity contribution in [3.63, 3.8) is 0 Å². The molecule has 0 unspecified atom stereocenters. The van der Waals surface area contributed by atoms with Crippen LogP contribution in [0.5, 0.6) is 0 Å². The highest BCUT2D eigenvalue weighted by atomic mass is 32.2. The van der Waals surface area contributed by atoms with Crippen LogP contribution in [-0.2, 0) is 60.3 Å². The first-order chi connectivity index (χ1) is 35.5. The van der Waals surface area contributed by atoms with Crippen LogP contribution in [0.4, 0.5) is 105 Å².